The van der Waals surface area contributed by atoms with Gasteiger partial charge in [-0.2, -0.15) is 0 Å². The van der Waals surface area contributed by atoms with Crippen molar-refractivity contribution in [3.63, 3.8) is 0 Å². The molecule has 0 radical (unpaired) electrons. The summed E-state index contributed by atoms with van der Waals surface area (Å²) in [6.45, 7) is 9.44. The maximum atomic E-state index is 10.3. The lowest BCUT2D eigenvalue weighted by molar-refractivity contribution is -0.142. The van der Waals surface area contributed by atoms with Crippen molar-refractivity contribution in [3.05, 3.63) is 0 Å². The normalized spacial score (nSPS) is 9.80. The summed E-state index contributed by atoms with van der Waals surface area (Å²) < 4.78 is 19.7. The molecular weight excluding hydrogens is 264 g/mol. The molecule has 0 bridgehead atoms. The van der Waals surface area contributed by atoms with Gasteiger partial charge >= 0.3 is 5.97 Å². The van der Waals surface area contributed by atoms with Gasteiger partial charge in [-0.3, -0.25) is 4.79 Å². The predicted octanol–water partition coefficient (Wildman–Crippen LogP) is 1.40. The van der Waals surface area contributed by atoms with Crippen LogP contribution in [0.15, 0.2) is 0 Å². The van der Waals surface area contributed by atoms with E-state index in [1.165, 1.54) is 6.92 Å². The molecule has 0 fully saturated rings. The van der Waals surface area contributed by atoms with Gasteiger partial charge in [-0.1, -0.05) is 13.3 Å². The summed E-state index contributed by atoms with van der Waals surface area (Å²) in [6.07, 6.45) is 2.26. The molecule has 0 aliphatic rings. The van der Waals surface area contributed by atoms with Gasteiger partial charge in [0.1, 0.15) is 6.61 Å². The minimum absolute atomic E-state index is 0.143. The lowest BCUT2D eigenvalue weighted by Gasteiger charge is -2.03. The van der Waals surface area contributed by atoms with E-state index in [9.17, 15) is 4.79 Å². The highest BCUT2D eigenvalue weighted by Gasteiger charge is 1.92. The Hall–Kier alpha value is -0.690. The van der Waals surface area contributed by atoms with Crippen molar-refractivity contribution < 1.29 is 28.8 Å². The molecule has 0 aliphatic heterocycles. The first-order valence-electron chi connectivity index (χ1n) is 7.16. The van der Waals surface area contributed by atoms with Gasteiger partial charge in [0, 0.05) is 20.1 Å². The first-order chi connectivity index (χ1) is 9.68. The highest BCUT2D eigenvalue weighted by molar-refractivity contribution is 5.65. The number of ether oxygens (including phenoxy) is 4. The maximum absolute atomic E-state index is 10.3. The van der Waals surface area contributed by atoms with Crippen LogP contribution in [0.25, 0.3) is 0 Å². The molecular formula is C14H30O6. The molecule has 0 amide bonds. The maximum Gasteiger partial charge on any atom is 0.302 e. The quantitative estimate of drug-likeness (QED) is 0.433. The van der Waals surface area contributed by atoms with Crippen LogP contribution in [-0.4, -0.2) is 63.9 Å². The lowest BCUT2D eigenvalue weighted by Crippen LogP contribution is -2.10. The van der Waals surface area contributed by atoms with E-state index < -0.39 is 0 Å². The molecule has 0 atom stereocenters. The number of aliphatic hydroxyl groups is 1. The number of hydrogen-bond donors (Lipinski definition) is 1. The molecule has 1 N–H and O–H groups in total. The van der Waals surface area contributed by atoms with E-state index >= 15 is 0 Å². The van der Waals surface area contributed by atoms with Crippen molar-refractivity contribution >= 4 is 5.97 Å². The Morgan fingerprint density at radius 1 is 0.900 bits per heavy atom. The zero-order chi connectivity index (χ0) is 15.5. The molecule has 6 heteroatoms. The standard InChI is InChI=1S/C8H16O4.C6H14O2/c1-3-10-4-5-11-6-7-12-8(2)9;1-2-3-5-8-6-4-7/h3-7H2,1-2H3;7H,2-6H2,1H3. The summed E-state index contributed by atoms with van der Waals surface area (Å²) in [5.74, 6) is -0.275. The number of esters is 1. The summed E-state index contributed by atoms with van der Waals surface area (Å²) in [5.41, 5.74) is 0. The summed E-state index contributed by atoms with van der Waals surface area (Å²) in [5, 5.41) is 8.24. The minimum Gasteiger partial charge on any atom is -0.463 e. The average Bonchev–Trinajstić information content (AvgIpc) is 2.43. The van der Waals surface area contributed by atoms with E-state index in [1.54, 1.807) is 0 Å². The zero-order valence-electron chi connectivity index (χ0n) is 13.1. The molecule has 20 heavy (non-hydrogen) atoms. The van der Waals surface area contributed by atoms with Gasteiger partial charge in [0.05, 0.1) is 33.0 Å². The predicted molar refractivity (Wildman–Crippen MR) is 76.8 cm³/mol. The van der Waals surface area contributed by atoms with Crippen molar-refractivity contribution in [2.24, 2.45) is 0 Å². The van der Waals surface area contributed by atoms with E-state index in [4.69, 9.17) is 19.3 Å². The third-order valence-electron chi connectivity index (χ3n) is 1.99. The Kier molecular flexibility index (Phi) is 22.3. The molecule has 0 aromatic heterocycles. The largest absolute Gasteiger partial charge is 0.463 e. The number of rotatable bonds is 12. The fourth-order valence-electron chi connectivity index (χ4n) is 1.02. The Labute approximate surface area is 122 Å². The van der Waals surface area contributed by atoms with Crippen LogP contribution in [0.4, 0.5) is 0 Å². The van der Waals surface area contributed by atoms with E-state index in [0.29, 0.717) is 39.6 Å². The Bertz CT molecular complexity index is 181. The highest BCUT2D eigenvalue weighted by Crippen LogP contribution is 1.86. The van der Waals surface area contributed by atoms with Crippen molar-refractivity contribution in [1.29, 1.82) is 0 Å². The molecule has 122 valence electrons. The van der Waals surface area contributed by atoms with Gasteiger partial charge in [0.25, 0.3) is 0 Å². The monoisotopic (exact) mass is 294 g/mol. The van der Waals surface area contributed by atoms with Crippen molar-refractivity contribution in [3.8, 4) is 0 Å². The fourth-order valence-corrected chi connectivity index (χ4v) is 1.02. The second kappa shape index (κ2) is 20.6. The first kappa shape index (κ1) is 21.6. The number of carbonyl (C=O) groups excluding carboxylic acids is 1. The average molecular weight is 294 g/mol. The summed E-state index contributed by atoms with van der Waals surface area (Å²) >= 11 is 0. The second-order valence-corrected chi connectivity index (χ2v) is 3.84. The highest BCUT2D eigenvalue weighted by atomic mass is 16.6. The molecule has 0 saturated heterocycles. The van der Waals surface area contributed by atoms with E-state index in [-0.39, 0.29) is 12.6 Å². The Morgan fingerprint density at radius 3 is 2.05 bits per heavy atom. The second-order valence-electron chi connectivity index (χ2n) is 3.84. The topological polar surface area (TPSA) is 74.2 Å². The number of unbranched alkanes of at least 4 members (excludes halogenated alkanes) is 1. The molecule has 0 unspecified atom stereocenters. The van der Waals surface area contributed by atoms with Crippen LogP contribution in [0.1, 0.15) is 33.6 Å². The van der Waals surface area contributed by atoms with Gasteiger partial charge in [0.2, 0.25) is 0 Å². The van der Waals surface area contributed by atoms with E-state index in [0.717, 1.165) is 19.4 Å². The van der Waals surface area contributed by atoms with Crippen LogP contribution in [0.2, 0.25) is 0 Å². The van der Waals surface area contributed by atoms with Crippen LogP contribution in [0, 0.1) is 0 Å². The SMILES string of the molecule is CCCCOCCO.CCOCCOCCOC(C)=O. The molecule has 0 aliphatic carbocycles. The van der Waals surface area contributed by atoms with Gasteiger partial charge in [-0.05, 0) is 13.3 Å². The number of carbonyl (C=O) groups is 1. The Balaban J connectivity index is 0. The van der Waals surface area contributed by atoms with Crippen LogP contribution in [-0.2, 0) is 23.7 Å². The zero-order valence-corrected chi connectivity index (χ0v) is 13.1. The van der Waals surface area contributed by atoms with E-state index in [2.05, 4.69) is 11.7 Å². The number of aliphatic hydroxyl groups excluding tert-OH is 1. The van der Waals surface area contributed by atoms with Crippen LogP contribution in [0.5, 0.6) is 0 Å². The molecule has 6 nitrogen and oxygen atoms in total. The van der Waals surface area contributed by atoms with Gasteiger partial charge in [-0.25, -0.2) is 0 Å². The number of hydrogen-bond acceptors (Lipinski definition) is 6. The van der Waals surface area contributed by atoms with Gasteiger partial charge < -0.3 is 24.1 Å². The first-order valence-corrected chi connectivity index (χ1v) is 7.16. The van der Waals surface area contributed by atoms with Crippen molar-refractivity contribution in [1.82, 2.24) is 0 Å². The smallest absolute Gasteiger partial charge is 0.302 e. The Morgan fingerprint density at radius 2 is 1.50 bits per heavy atom. The molecule has 0 aromatic carbocycles. The lowest BCUT2D eigenvalue weighted by atomic mass is 10.4. The van der Waals surface area contributed by atoms with Gasteiger partial charge in [0.15, 0.2) is 0 Å². The van der Waals surface area contributed by atoms with Crippen LogP contribution >= 0.6 is 0 Å². The third-order valence-corrected chi connectivity index (χ3v) is 1.99. The van der Waals surface area contributed by atoms with E-state index in [1.807, 2.05) is 6.92 Å². The van der Waals surface area contributed by atoms with Crippen molar-refractivity contribution in [2.75, 3.05) is 52.9 Å². The third kappa shape index (κ3) is 26.0. The summed E-state index contributed by atoms with van der Waals surface area (Å²) in [4.78, 5) is 10.3. The van der Waals surface area contributed by atoms with Crippen molar-refractivity contribution in [2.45, 2.75) is 33.6 Å². The summed E-state index contributed by atoms with van der Waals surface area (Å²) in [6, 6.07) is 0. The molecule has 0 aromatic rings. The van der Waals surface area contributed by atoms with Crippen LogP contribution < -0.4 is 0 Å². The molecule has 0 rings (SSSR count). The molecule has 0 spiro atoms. The summed E-state index contributed by atoms with van der Waals surface area (Å²) in [7, 11) is 0. The minimum atomic E-state index is -0.275. The van der Waals surface area contributed by atoms with Crippen LogP contribution in [0.3, 0.4) is 0 Å². The van der Waals surface area contributed by atoms with Gasteiger partial charge in [-0.15, -0.1) is 0 Å². The fraction of sp³-hybridized carbons (Fsp3) is 0.929. The molecule has 0 heterocycles. The molecule has 0 saturated carbocycles.